The number of alkyl halides is 2. The molecule has 0 aromatic rings. The fourth-order valence-electron chi connectivity index (χ4n) is 4.48. The molecule has 8 atom stereocenters. The third-order valence-electron chi connectivity index (χ3n) is 6.02. The van der Waals surface area contributed by atoms with E-state index in [2.05, 4.69) is 0 Å². The maximum absolute atomic E-state index is 14.8. The topological polar surface area (TPSA) is 29.5 Å². The third-order valence-corrected chi connectivity index (χ3v) is 6.02. The molecular weight excluding hydrogens is 262 g/mol. The van der Waals surface area contributed by atoms with Crippen LogP contribution in [0.1, 0.15) is 46.0 Å². The summed E-state index contributed by atoms with van der Waals surface area (Å²) in [7, 11) is 0. The quantitative estimate of drug-likeness (QED) is 0.863. The van der Waals surface area contributed by atoms with E-state index < -0.39 is 30.7 Å². The Morgan fingerprint density at radius 2 is 1.80 bits per heavy atom. The maximum atomic E-state index is 14.8. The minimum atomic E-state index is -1.41. The molecule has 0 radical (unpaired) electrons. The summed E-state index contributed by atoms with van der Waals surface area (Å²) in [5.41, 5.74) is 0. The molecule has 0 bridgehead atoms. The van der Waals surface area contributed by atoms with Crippen molar-refractivity contribution in [1.29, 1.82) is 0 Å². The molecule has 2 saturated carbocycles. The Bertz CT molecular complexity index is 345. The molecule has 20 heavy (non-hydrogen) atoms. The highest BCUT2D eigenvalue weighted by Gasteiger charge is 2.54. The first kappa shape index (κ1) is 14.7. The number of aliphatic hydroxyl groups excluding tert-OH is 1. The molecule has 8 unspecified atom stereocenters. The van der Waals surface area contributed by atoms with Crippen molar-refractivity contribution in [2.75, 3.05) is 0 Å². The van der Waals surface area contributed by atoms with Gasteiger partial charge in [0.1, 0.15) is 6.17 Å². The summed E-state index contributed by atoms with van der Waals surface area (Å²) >= 11 is 0. The maximum Gasteiger partial charge on any atom is 0.152 e. The van der Waals surface area contributed by atoms with Crippen LogP contribution in [-0.2, 0) is 4.74 Å². The van der Waals surface area contributed by atoms with Gasteiger partial charge in [-0.25, -0.2) is 8.78 Å². The third kappa shape index (κ3) is 2.29. The van der Waals surface area contributed by atoms with Crippen molar-refractivity contribution in [1.82, 2.24) is 0 Å². The molecule has 0 aromatic carbocycles. The Balaban J connectivity index is 1.70. The van der Waals surface area contributed by atoms with E-state index in [1.54, 1.807) is 0 Å². The summed E-state index contributed by atoms with van der Waals surface area (Å²) in [4.78, 5) is 0. The lowest BCUT2D eigenvalue weighted by molar-refractivity contribution is -0.0998. The summed E-state index contributed by atoms with van der Waals surface area (Å²) in [5.74, 6) is 0.732. The molecule has 0 spiro atoms. The average molecular weight is 288 g/mol. The number of hydrogen-bond acceptors (Lipinski definition) is 2. The number of hydrogen-bond donors (Lipinski definition) is 1. The van der Waals surface area contributed by atoms with E-state index in [0.29, 0.717) is 5.92 Å². The Morgan fingerprint density at radius 1 is 1.15 bits per heavy atom. The van der Waals surface area contributed by atoms with Crippen LogP contribution in [0.4, 0.5) is 8.78 Å². The second-order valence-corrected chi connectivity index (χ2v) is 7.15. The van der Waals surface area contributed by atoms with Crippen molar-refractivity contribution in [3.8, 4) is 0 Å². The van der Waals surface area contributed by atoms with Gasteiger partial charge >= 0.3 is 0 Å². The first-order valence-corrected chi connectivity index (χ1v) is 8.12. The molecule has 2 aliphatic carbocycles. The van der Waals surface area contributed by atoms with Crippen molar-refractivity contribution in [2.45, 2.75) is 76.6 Å². The van der Waals surface area contributed by atoms with Crippen molar-refractivity contribution in [3.63, 3.8) is 0 Å². The smallest absolute Gasteiger partial charge is 0.152 e. The Kier molecular flexibility index (Phi) is 4.06. The zero-order valence-electron chi connectivity index (χ0n) is 12.3. The second kappa shape index (κ2) is 5.53. The SMILES string of the molecule is CC(O)C(F)C1OC2C(F)C(C3CCC3)CCC2C1C. The van der Waals surface area contributed by atoms with Gasteiger partial charge in [-0.2, -0.15) is 0 Å². The van der Waals surface area contributed by atoms with E-state index in [1.165, 1.54) is 13.3 Å². The summed E-state index contributed by atoms with van der Waals surface area (Å²) < 4.78 is 34.6. The zero-order valence-corrected chi connectivity index (χ0v) is 12.3. The van der Waals surface area contributed by atoms with Crippen LogP contribution in [0.2, 0.25) is 0 Å². The predicted molar refractivity (Wildman–Crippen MR) is 72.9 cm³/mol. The van der Waals surface area contributed by atoms with Crippen LogP contribution in [-0.4, -0.2) is 35.8 Å². The van der Waals surface area contributed by atoms with Gasteiger partial charge in [0, 0.05) is 0 Å². The number of halogens is 2. The molecule has 0 amide bonds. The number of ether oxygens (including phenoxy) is 1. The number of fused-ring (bicyclic) bond motifs is 1. The molecule has 1 saturated heterocycles. The van der Waals surface area contributed by atoms with Crippen LogP contribution in [0.5, 0.6) is 0 Å². The van der Waals surface area contributed by atoms with Gasteiger partial charge in [-0.05, 0) is 43.4 Å². The highest BCUT2D eigenvalue weighted by Crippen LogP contribution is 2.50. The molecule has 4 heteroatoms. The van der Waals surface area contributed by atoms with E-state index in [9.17, 15) is 13.9 Å². The first-order valence-electron chi connectivity index (χ1n) is 8.12. The van der Waals surface area contributed by atoms with Crippen LogP contribution in [0.3, 0.4) is 0 Å². The van der Waals surface area contributed by atoms with E-state index in [0.717, 1.165) is 25.7 Å². The number of rotatable bonds is 3. The summed E-state index contributed by atoms with van der Waals surface area (Å²) in [6, 6.07) is 0. The molecule has 116 valence electrons. The van der Waals surface area contributed by atoms with E-state index >= 15 is 0 Å². The molecule has 2 nitrogen and oxygen atoms in total. The van der Waals surface area contributed by atoms with E-state index in [-0.39, 0.29) is 17.8 Å². The van der Waals surface area contributed by atoms with Gasteiger partial charge in [0.25, 0.3) is 0 Å². The van der Waals surface area contributed by atoms with Gasteiger partial charge in [-0.3, -0.25) is 0 Å². The monoisotopic (exact) mass is 288 g/mol. The largest absolute Gasteiger partial charge is 0.390 e. The standard InChI is InChI=1S/C16H26F2O2/c1-8-11-6-7-12(10-4-3-5-10)14(18)16(11)20-15(8)13(17)9(2)19/h8-16,19H,3-7H2,1-2H3. The van der Waals surface area contributed by atoms with Gasteiger partial charge in [0.15, 0.2) is 6.17 Å². The first-order chi connectivity index (χ1) is 9.50. The average Bonchev–Trinajstić information content (AvgIpc) is 2.68. The highest BCUT2D eigenvalue weighted by molar-refractivity contribution is 5.01. The molecule has 0 aromatic heterocycles. The van der Waals surface area contributed by atoms with Gasteiger partial charge in [0.2, 0.25) is 0 Å². The van der Waals surface area contributed by atoms with Gasteiger partial charge in [-0.1, -0.05) is 26.2 Å². The Morgan fingerprint density at radius 3 is 2.35 bits per heavy atom. The van der Waals surface area contributed by atoms with E-state index in [1.807, 2.05) is 6.92 Å². The minimum absolute atomic E-state index is 0.00908. The van der Waals surface area contributed by atoms with Gasteiger partial charge in [-0.15, -0.1) is 0 Å². The fraction of sp³-hybridized carbons (Fsp3) is 1.00. The van der Waals surface area contributed by atoms with Crippen molar-refractivity contribution >= 4 is 0 Å². The fourth-order valence-corrected chi connectivity index (χ4v) is 4.48. The molecule has 3 rings (SSSR count). The summed E-state index contributed by atoms with van der Waals surface area (Å²) in [6.07, 6.45) is 0.837. The van der Waals surface area contributed by atoms with Crippen LogP contribution in [0.25, 0.3) is 0 Å². The lowest BCUT2D eigenvalue weighted by Gasteiger charge is -2.42. The van der Waals surface area contributed by atoms with Crippen LogP contribution in [0, 0.1) is 23.7 Å². The van der Waals surface area contributed by atoms with Crippen molar-refractivity contribution in [2.24, 2.45) is 23.7 Å². The Hall–Kier alpha value is -0.220. The van der Waals surface area contributed by atoms with Crippen molar-refractivity contribution < 1.29 is 18.6 Å². The predicted octanol–water partition coefficient (Wildman–Crippen LogP) is 3.27. The molecule has 1 N–H and O–H groups in total. The zero-order chi connectivity index (χ0) is 14.4. The number of aliphatic hydroxyl groups is 1. The van der Waals surface area contributed by atoms with Crippen LogP contribution in [0.15, 0.2) is 0 Å². The molecule has 3 aliphatic rings. The van der Waals surface area contributed by atoms with E-state index in [4.69, 9.17) is 4.74 Å². The molecular formula is C16H26F2O2. The highest BCUT2D eigenvalue weighted by atomic mass is 19.1. The minimum Gasteiger partial charge on any atom is -0.390 e. The molecule has 1 heterocycles. The molecule has 1 aliphatic heterocycles. The summed E-state index contributed by atoms with van der Waals surface area (Å²) in [6.45, 7) is 3.38. The van der Waals surface area contributed by atoms with Crippen LogP contribution >= 0.6 is 0 Å². The second-order valence-electron chi connectivity index (χ2n) is 7.15. The van der Waals surface area contributed by atoms with Gasteiger partial charge in [0.05, 0.1) is 18.3 Å². The van der Waals surface area contributed by atoms with Crippen molar-refractivity contribution in [3.05, 3.63) is 0 Å². The molecule has 3 fully saturated rings. The lowest BCUT2D eigenvalue weighted by Crippen LogP contribution is -2.44. The lowest BCUT2D eigenvalue weighted by atomic mass is 9.65. The normalized spacial score (nSPS) is 48.5. The van der Waals surface area contributed by atoms with Gasteiger partial charge < -0.3 is 9.84 Å². The summed E-state index contributed by atoms with van der Waals surface area (Å²) in [5, 5.41) is 9.44. The van der Waals surface area contributed by atoms with Crippen LogP contribution < -0.4 is 0 Å². The Labute approximate surface area is 119 Å².